The molecule has 108 valence electrons. The normalized spacial score (nSPS) is 18.6. The van der Waals surface area contributed by atoms with Crippen molar-refractivity contribution in [3.8, 4) is 0 Å². The Kier molecular flexibility index (Phi) is 3.36. The SMILES string of the molecule is CCC1(C)CCN(c2cc3nc(C)sc3cc2N)CC1. The van der Waals surface area contributed by atoms with E-state index in [0.29, 0.717) is 5.41 Å². The molecule has 4 heteroatoms. The van der Waals surface area contributed by atoms with Crippen molar-refractivity contribution in [3.05, 3.63) is 17.1 Å². The maximum Gasteiger partial charge on any atom is 0.0907 e. The monoisotopic (exact) mass is 289 g/mol. The number of anilines is 2. The number of hydrogen-bond donors (Lipinski definition) is 1. The highest BCUT2D eigenvalue weighted by molar-refractivity contribution is 7.18. The minimum absolute atomic E-state index is 0.507. The molecule has 2 aromatic rings. The maximum absolute atomic E-state index is 6.26. The standard InChI is InChI=1S/C16H23N3S/c1-4-16(3)5-7-19(8-6-16)14-10-13-15(9-12(14)17)20-11(2)18-13/h9-10H,4-8,17H2,1-3H3. The number of benzene rings is 1. The molecule has 20 heavy (non-hydrogen) atoms. The predicted molar refractivity (Wildman–Crippen MR) is 88.6 cm³/mol. The number of nitrogen functional groups attached to an aromatic ring is 1. The van der Waals surface area contributed by atoms with E-state index >= 15 is 0 Å². The summed E-state index contributed by atoms with van der Waals surface area (Å²) in [5.41, 5.74) is 9.91. The zero-order valence-corrected chi connectivity index (χ0v) is 13.4. The average molecular weight is 289 g/mol. The van der Waals surface area contributed by atoms with Crippen LogP contribution in [0, 0.1) is 12.3 Å². The first kappa shape index (κ1) is 13.7. The lowest BCUT2D eigenvalue weighted by Crippen LogP contribution is -2.38. The van der Waals surface area contributed by atoms with Crippen LogP contribution in [0.5, 0.6) is 0 Å². The molecule has 0 bridgehead atoms. The molecule has 0 unspecified atom stereocenters. The first-order valence-electron chi connectivity index (χ1n) is 7.42. The van der Waals surface area contributed by atoms with Gasteiger partial charge >= 0.3 is 0 Å². The van der Waals surface area contributed by atoms with Crippen LogP contribution >= 0.6 is 11.3 Å². The van der Waals surface area contributed by atoms with Gasteiger partial charge in [-0.3, -0.25) is 0 Å². The quantitative estimate of drug-likeness (QED) is 0.842. The average Bonchev–Trinajstić information content (AvgIpc) is 2.78. The van der Waals surface area contributed by atoms with Gasteiger partial charge in [-0.25, -0.2) is 4.98 Å². The van der Waals surface area contributed by atoms with Crippen molar-refractivity contribution in [2.45, 2.75) is 40.0 Å². The number of aromatic nitrogens is 1. The first-order chi connectivity index (χ1) is 9.50. The molecule has 3 nitrogen and oxygen atoms in total. The Bertz CT molecular complexity index is 624. The zero-order valence-electron chi connectivity index (χ0n) is 12.6. The second-order valence-electron chi connectivity index (χ2n) is 6.26. The molecule has 0 atom stereocenters. The second kappa shape index (κ2) is 4.92. The predicted octanol–water partition coefficient (Wildman–Crippen LogP) is 4.20. The van der Waals surface area contributed by atoms with Crippen molar-refractivity contribution in [3.63, 3.8) is 0 Å². The van der Waals surface area contributed by atoms with Crippen molar-refractivity contribution < 1.29 is 0 Å². The van der Waals surface area contributed by atoms with E-state index in [-0.39, 0.29) is 0 Å². The Balaban J connectivity index is 1.89. The first-order valence-corrected chi connectivity index (χ1v) is 8.24. The number of thiazole rings is 1. The van der Waals surface area contributed by atoms with E-state index in [9.17, 15) is 0 Å². The third kappa shape index (κ3) is 2.37. The van der Waals surface area contributed by atoms with Gasteiger partial charge in [-0.1, -0.05) is 20.3 Å². The number of hydrogen-bond acceptors (Lipinski definition) is 4. The van der Waals surface area contributed by atoms with Crippen LogP contribution in [0.4, 0.5) is 11.4 Å². The van der Waals surface area contributed by atoms with Crippen LogP contribution in [-0.2, 0) is 0 Å². The van der Waals surface area contributed by atoms with E-state index in [1.807, 2.05) is 6.92 Å². The molecular formula is C16H23N3S. The van der Waals surface area contributed by atoms with Gasteiger partial charge in [0.1, 0.15) is 0 Å². The fourth-order valence-electron chi connectivity index (χ4n) is 3.01. The fourth-order valence-corrected chi connectivity index (χ4v) is 3.87. The third-order valence-corrected chi connectivity index (χ3v) is 5.74. The Labute approximate surface area is 124 Å². The molecule has 1 aromatic carbocycles. The summed E-state index contributed by atoms with van der Waals surface area (Å²) >= 11 is 1.72. The Hall–Kier alpha value is -1.29. The smallest absolute Gasteiger partial charge is 0.0907 e. The molecule has 1 fully saturated rings. The molecule has 2 heterocycles. The van der Waals surface area contributed by atoms with Crippen molar-refractivity contribution in [1.82, 2.24) is 4.98 Å². The number of piperidine rings is 1. The number of nitrogens with zero attached hydrogens (tertiary/aromatic N) is 2. The topological polar surface area (TPSA) is 42.2 Å². The van der Waals surface area contributed by atoms with E-state index in [4.69, 9.17) is 5.73 Å². The van der Waals surface area contributed by atoms with Crippen LogP contribution in [0.15, 0.2) is 12.1 Å². The van der Waals surface area contributed by atoms with Gasteiger partial charge in [0.25, 0.3) is 0 Å². The van der Waals surface area contributed by atoms with E-state index in [2.05, 4.69) is 35.9 Å². The second-order valence-corrected chi connectivity index (χ2v) is 7.50. The molecule has 3 rings (SSSR count). The van der Waals surface area contributed by atoms with Gasteiger partial charge in [-0.15, -0.1) is 11.3 Å². The van der Waals surface area contributed by atoms with Crippen LogP contribution in [0.25, 0.3) is 10.2 Å². The van der Waals surface area contributed by atoms with Crippen LogP contribution in [0.2, 0.25) is 0 Å². The molecule has 0 amide bonds. The van der Waals surface area contributed by atoms with Gasteiger partial charge in [0.15, 0.2) is 0 Å². The largest absolute Gasteiger partial charge is 0.397 e. The van der Waals surface area contributed by atoms with Crippen molar-refractivity contribution in [2.75, 3.05) is 23.7 Å². The number of nitrogens with two attached hydrogens (primary N) is 1. The summed E-state index contributed by atoms with van der Waals surface area (Å²) in [6.45, 7) is 8.95. The molecule has 1 aromatic heterocycles. The summed E-state index contributed by atoms with van der Waals surface area (Å²) in [6.07, 6.45) is 3.76. The van der Waals surface area contributed by atoms with Crippen molar-refractivity contribution in [1.29, 1.82) is 0 Å². The number of rotatable bonds is 2. The Morgan fingerprint density at radius 3 is 2.70 bits per heavy atom. The lowest BCUT2D eigenvalue weighted by molar-refractivity contribution is 0.238. The molecule has 0 saturated carbocycles. The summed E-state index contributed by atoms with van der Waals surface area (Å²) in [7, 11) is 0. The zero-order chi connectivity index (χ0) is 14.3. The van der Waals surface area contributed by atoms with Gasteiger partial charge < -0.3 is 10.6 Å². The van der Waals surface area contributed by atoms with Crippen molar-refractivity contribution >= 4 is 32.9 Å². The molecule has 0 spiro atoms. The highest BCUT2D eigenvalue weighted by Gasteiger charge is 2.29. The highest BCUT2D eigenvalue weighted by Crippen LogP contribution is 2.38. The summed E-state index contributed by atoms with van der Waals surface area (Å²) in [5, 5.41) is 1.11. The number of aryl methyl sites for hydroxylation is 1. The van der Waals surface area contributed by atoms with Crippen LogP contribution < -0.4 is 10.6 Å². The molecule has 0 radical (unpaired) electrons. The minimum Gasteiger partial charge on any atom is -0.397 e. The third-order valence-electron chi connectivity index (χ3n) is 4.81. The Morgan fingerprint density at radius 1 is 1.35 bits per heavy atom. The molecule has 1 saturated heterocycles. The molecular weight excluding hydrogens is 266 g/mol. The van der Waals surface area contributed by atoms with Gasteiger partial charge in [-0.2, -0.15) is 0 Å². The molecule has 1 aliphatic heterocycles. The van der Waals surface area contributed by atoms with Gasteiger partial charge in [0, 0.05) is 13.1 Å². The van der Waals surface area contributed by atoms with Crippen LogP contribution in [0.3, 0.4) is 0 Å². The molecule has 0 aliphatic carbocycles. The summed E-state index contributed by atoms with van der Waals surface area (Å²) in [5.74, 6) is 0. The summed E-state index contributed by atoms with van der Waals surface area (Å²) in [4.78, 5) is 7.02. The van der Waals surface area contributed by atoms with Crippen molar-refractivity contribution in [2.24, 2.45) is 5.41 Å². The highest BCUT2D eigenvalue weighted by atomic mass is 32.1. The summed E-state index contributed by atoms with van der Waals surface area (Å²) in [6, 6.07) is 4.26. The number of fused-ring (bicyclic) bond motifs is 1. The van der Waals surface area contributed by atoms with E-state index in [0.717, 1.165) is 29.3 Å². The van der Waals surface area contributed by atoms with E-state index in [1.165, 1.54) is 29.6 Å². The van der Waals surface area contributed by atoms with Gasteiger partial charge in [-0.05, 0) is 37.3 Å². The van der Waals surface area contributed by atoms with Gasteiger partial charge in [0.2, 0.25) is 0 Å². The lowest BCUT2D eigenvalue weighted by atomic mass is 9.78. The fraction of sp³-hybridized carbons (Fsp3) is 0.562. The minimum atomic E-state index is 0.507. The maximum atomic E-state index is 6.26. The summed E-state index contributed by atoms with van der Waals surface area (Å²) < 4.78 is 1.19. The Morgan fingerprint density at radius 2 is 2.05 bits per heavy atom. The lowest BCUT2D eigenvalue weighted by Gasteiger charge is -2.40. The molecule has 1 aliphatic rings. The van der Waals surface area contributed by atoms with E-state index in [1.54, 1.807) is 11.3 Å². The van der Waals surface area contributed by atoms with E-state index < -0.39 is 0 Å². The molecule has 2 N–H and O–H groups in total. The van der Waals surface area contributed by atoms with Gasteiger partial charge in [0.05, 0.1) is 26.6 Å². The van der Waals surface area contributed by atoms with Crippen LogP contribution in [-0.4, -0.2) is 18.1 Å². The van der Waals surface area contributed by atoms with Crippen LogP contribution in [0.1, 0.15) is 38.1 Å².